The Kier molecular flexibility index (Phi) is 4.62. The number of carbonyl (C=O) groups excluding carboxylic acids is 1. The summed E-state index contributed by atoms with van der Waals surface area (Å²) in [6.07, 6.45) is 7.24. The van der Waals surface area contributed by atoms with Gasteiger partial charge in [0.1, 0.15) is 16.6 Å². The molecule has 0 aromatic carbocycles. The third kappa shape index (κ3) is 3.24. The second-order valence-electron chi connectivity index (χ2n) is 4.95. The van der Waals surface area contributed by atoms with E-state index >= 15 is 0 Å². The third-order valence-electron chi connectivity index (χ3n) is 3.58. The van der Waals surface area contributed by atoms with Crippen LogP contribution < -0.4 is 4.90 Å². The molecule has 2 aromatic rings. The quantitative estimate of drug-likeness (QED) is 0.620. The van der Waals surface area contributed by atoms with Gasteiger partial charge >= 0.3 is 5.97 Å². The zero-order valence-corrected chi connectivity index (χ0v) is 13.1. The molecular weight excluding hydrogens is 302 g/mol. The van der Waals surface area contributed by atoms with Gasteiger partial charge in [-0.25, -0.2) is 4.98 Å². The van der Waals surface area contributed by atoms with Crippen LogP contribution in [0.2, 0.25) is 0 Å². The number of rotatable bonds is 5. The molecular formula is C15H17N3O3S. The molecule has 6 nitrogen and oxygen atoms in total. The average Bonchev–Trinajstić information content (AvgIpc) is 3.23. The van der Waals surface area contributed by atoms with Gasteiger partial charge in [-0.15, -0.1) is 0 Å². The summed E-state index contributed by atoms with van der Waals surface area (Å²) >= 11 is 1.33. The van der Waals surface area contributed by atoms with Gasteiger partial charge in [-0.3, -0.25) is 9.78 Å². The molecule has 1 aliphatic heterocycles. The fourth-order valence-electron chi connectivity index (χ4n) is 2.56. The number of ether oxygens (including phenoxy) is 1. The van der Waals surface area contributed by atoms with E-state index in [1.807, 2.05) is 12.1 Å². The first-order valence-electron chi connectivity index (χ1n) is 7.09. The standard InChI is InChI=1S/C15H17N3O3S/c1-20-15(19)10-22-14-9-16-8-13(17-14)18-6-2-4-11(18)12-5-3-7-21-12/h3,5,7-9,11H,2,4,6,10H2,1H3. The summed E-state index contributed by atoms with van der Waals surface area (Å²) < 4.78 is 10.2. The van der Waals surface area contributed by atoms with Crippen LogP contribution in [0, 0.1) is 0 Å². The van der Waals surface area contributed by atoms with Gasteiger partial charge in [0.2, 0.25) is 0 Å². The highest BCUT2D eigenvalue weighted by Gasteiger charge is 2.29. The maximum Gasteiger partial charge on any atom is 0.316 e. The van der Waals surface area contributed by atoms with Crippen LogP contribution in [0.1, 0.15) is 24.6 Å². The number of esters is 1. The van der Waals surface area contributed by atoms with Crippen molar-refractivity contribution < 1.29 is 13.9 Å². The molecule has 22 heavy (non-hydrogen) atoms. The largest absolute Gasteiger partial charge is 0.468 e. The minimum Gasteiger partial charge on any atom is -0.468 e. The highest BCUT2D eigenvalue weighted by molar-refractivity contribution is 7.99. The zero-order chi connectivity index (χ0) is 15.4. The fourth-order valence-corrected chi connectivity index (χ4v) is 3.23. The predicted octanol–water partition coefficient (Wildman–Crippen LogP) is 2.68. The van der Waals surface area contributed by atoms with Crippen molar-refractivity contribution in [2.75, 3.05) is 24.3 Å². The Balaban J connectivity index is 1.75. The fraction of sp³-hybridized carbons (Fsp3) is 0.400. The van der Waals surface area contributed by atoms with Crippen molar-refractivity contribution in [1.29, 1.82) is 0 Å². The number of nitrogens with zero attached hydrogens (tertiary/aromatic N) is 3. The molecule has 0 N–H and O–H groups in total. The number of hydrogen-bond donors (Lipinski definition) is 0. The van der Waals surface area contributed by atoms with Crippen LogP contribution in [0.25, 0.3) is 0 Å². The average molecular weight is 319 g/mol. The summed E-state index contributed by atoms with van der Waals surface area (Å²) in [6.45, 7) is 0.922. The lowest BCUT2D eigenvalue weighted by atomic mass is 10.2. The molecule has 3 heterocycles. The second kappa shape index (κ2) is 6.83. The number of aromatic nitrogens is 2. The third-order valence-corrected chi connectivity index (χ3v) is 4.46. The number of thioether (sulfide) groups is 1. The topological polar surface area (TPSA) is 68.5 Å². The molecule has 1 atom stereocenters. The van der Waals surface area contributed by atoms with E-state index in [9.17, 15) is 4.79 Å². The van der Waals surface area contributed by atoms with Crippen molar-refractivity contribution in [2.24, 2.45) is 0 Å². The van der Waals surface area contributed by atoms with Gasteiger partial charge in [-0.2, -0.15) is 0 Å². The van der Waals surface area contributed by atoms with Gasteiger partial charge in [-0.1, -0.05) is 11.8 Å². The van der Waals surface area contributed by atoms with E-state index in [4.69, 9.17) is 4.42 Å². The Labute approximate surface area is 132 Å². The molecule has 0 radical (unpaired) electrons. The Hall–Kier alpha value is -2.02. The molecule has 1 saturated heterocycles. The van der Waals surface area contributed by atoms with Crippen LogP contribution in [-0.4, -0.2) is 35.3 Å². The molecule has 0 spiro atoms. The highest BCUT2D eigenvalue weighted by atomic mass is 32.2. The van der Waals surface area contributed by atoms with Crippen LogP contribution in [0.5, 0.6) is 0 Å². The maximum atomic E-state index is 11.2. The Morgan fingerprint density at radius 2 is 2.45 bits per heavy atom. The molecule has 1 fully saturated rings. The lowest BCUT2D eigenvalue weighted by molar-refractivity contribution is -0.137. The molecule has 1 unspecified atom stereocenters. The maximum absolute atomic E-state index is 11.2. The highest BCUT2D eigenvalue weighted by Crippen LogP contribution is 2.35. The molecule has 0 saturated carbocycles. The van der Waals surface area contributed by atoms with E-state index in [1.165, 1.54) is 18.9 Å². The summed E-state index contributed by atoms with van der Waals surface area (Å²) in [6, 6.07) is 4.09. The second-order valence-corrected chi connectivity index (χ2v) is 5.94. The molecule has 1 aliphatic rings. The summed E-state index contributed by atoms with van der Waals surface area (Å²) in [5, 5.41) is 0.716. The van der Waals surface area contributed by atoms with Gasteiger partial charge in [0.15, 0.2) is 0 Å². The van der Waals surface area contributed by atoms with Crippen molar-refractivity contribution in [2.45, 2.75) is 23.9 Å². The van der Waals surface area contributed by atoms with E-state index in [0.29, 0.717) is 5.03 Å². The smallest absolute Gasteiger partial charge is 0.316 e. The summed E-state index contributed by atoms with van der Waals surface area (Å²) in [5.74, 6) is 1.73. The van der Waals surface area contributed by atoms with E-state index in [1.54, 1.807) is 18.7 Å². The molecule has 3 rings (SSSR count). The molecule has 0 amide bonds. The van der Waals surface area contributed by atoms with Crippen LogP contribution in [0.15, 0.2) is 40.2 Å². The lowest BCUT2D eigenvalue weighted by Crippen LogP contribution is -2.23. The number of furan rings is 1. The SMILES string of the molecule is COC(=O)CSc1cncc(N2CCCC2c2ccco2)n1. The minimum atomic E-state index is -0.271. The van der Waals surface area contributed by atoms with Crippen molar-refractivity contribution in [3.8, 4) is 0 Å². The molecule has 116 valence electrons. The minimum absolute atomic E-state index is 0.199. The van der Waals surface area contributed by atoms with E-state index in [2.05, 4.69) is 19.6 Å². The van der Waals surface area contributed by atoms with Crippen molar-refractivity contribution in [3.63, 3.8) is 0 Å². The summed E-state index contributed by atoms with van der Waals surface area (Å²) in [7, 11) is 1.38. The Bertz CT molecular complexity index is 633. The normalized spacial score (nSPS) is 17.7. The van der Waals surface area contributed by atoms with Crippen molar-refractivity contribution in [3.05, 3.63) is 36.5 Å². The number of methoxy groups -OCH3 is 1. The number of carbonyl (C=O) groups is 1. The first-order valence-corrected chi connectivity index (χ1v) is 8.08. The Morgan fingerprint density at radius 1 is 1.55 bits per heavy atom. The van der Waals surface area contributed by atoms with E-state index in [-0.39, 0.29) is 17.8 Å². The van der Waals surface area contributed by atoms with Crippen LogP contribution in [0.4, 0.5) is 5.82 Å². The Morgan fingerprint density at radius 3 is 3.23 bits per heavy atom. The van der Waals surface area contributed by atoms with Crippen LogP contribution in [0.3, 0.4) is 0 Å². The van der Waals surface area contributed by atoms with Gasteiger partial charge < -0.3 is 14.1 Å². The van der Waals surface area contributed by atoms with E-state index in [0.717, 1.165) is 31.0 Å². The van der Waals surface area contributed by atoms with Crippen LogP contribution in [-0.2, 0) is 9.53 Å². The van der Waals surface area contributed by atoms with Gasteiger partial charge in [0, 0.05) is 6.54 Å². The van der Waals surface area contributed by atoms with Crippen molar-refractivity contribution >= 4 is 23.5 Å². The molecule has 7 heteroatoms. The summed E-state index contributed by atoms with van der Waals surface area (Å²) in [5.41, 5.74) is 0. The monoisotopic (exact) mass is 319 g/mol. The van der Waals surface area contributed by atoms with Gasteiger partial charge in [-0.05, 0) is 25.0 Å². The number of hydrogen-bond acceptors (Lipinski definition) is 7. The zero-order valence-electron chi connectivity index (χ0n) is 12.3. The van der Waals surface area contributed by atoms with Gasteiger partial charge in [0.05, 0.1) is 37.6 Å². The first kappa shape index (κ1) is 14.9. The lowest BCUT2D eigenvalue weighted by Gasteiger charge is -2.24. The van der Waals surface area contributed by atoms with Crippen molar-refractivity contribution in [1.82, 2.24) is 9.97 Å². The van der Waals surface area contributed by atoms with Crippen LogP contribution >= 0.6 is 11.8 Å². The summed E-state index contributed by atoms with van der Waals surface area (Å²) in [4.78, 5) is 22.3. The first-order chi connectivity index (χ1) is 10.8. The molecule has 0 bridgehead atoms. The number of anilines is 1. The predicted molar refractivity (Wildman–Crippen MR) is 82.8 cm³/mol. The molecule has 2 aromatic heterocycles. The van der Waals surface area contributed by atoms with Gasteiger partial charge in [0.25, 0.3) is 0 Å². The van der Waals surface area contributed by atoms with E-state index < -0.39 is 0 Å². The molecule has 0 aliphatic carbocycles.